The fourth-order valence-electron chi connectivity index (χ4n) is 0.870. The lowest BCUT2D eigenvalue weighted by molar-refractivity contribution is -0.128. The van der Waals surface area contributed by atoms with Crippen LogP contribution in [0, 0.1) is 0 Å². The number of carbonyl (C=O) groups excluding carboxylic acids is 2. The van der Waals surface area contributed by atoms with Gasteiger partial charge in [-0.2, -0.15) is 0 Å². The summed E-state index contributed by atoms with van der Waals surface area (Å²) in [6.45, 7) is 0. The molecule has 0 amide bonds. The Balaban J connectivity index is 2.73. The van der Waals surface area contributed by atoms with Crippen LogP contribution in [0.3, 0.4) is 0 Å². The Morgan fingerprint density at radius 3 is 2.20 bits per heavy atom. The van der Waals surface area contributed by atoms with E-state index in [1.165, 1.54) is 0 Å². The van der Waals surface area contributed by atoms with Gasteiger partial charge in [0.1, 0.15) is 9.02 Å². The number of ketones is 2. The summed E-state index contributed by atoms with van der Waals surface area (Å²) in [5.74, 6) is 0.195. The number of carbonyl (C=O) groups is 2. The SMILES string of the molecule is O=C1CCC(=O)C(Br)(Br)C1. The molecule has 0 aromatic rings. The molecule has 1 rings (SSSR count). The van der Waals surface area contributed by atoms with Crippen molar-refractivity contribution >= 4 is 43.4 Å². The number of rotatable bonds is 0. The van der Waals surface area contributed by atoms with Gasteiger partial charge in [0.15, 0.2) is 5.78 Å². The van der Waals surface area contributed by atoms with E-state index >= 15 is 0 Å². The standard InChI is InChI=1S/C6H6Br2O2/c7-6(8)3-4(9)1-2-5(6)10/h1-3H2. The van der Waals surface area contributed by atoms with Crippen molar-refractivity contribution < 1.29 is 9.59 Å². The molecule has 1 aliphatic rings. The normalized spacial score (nSPS) is 25.0. The molecular formula is C6H6Br2O2. The topological polar surface area (TPSA) is 34.1 Å². The van der Waals surface area contributed by atoms with Crippen LogP contribution in [0.15, 0.2) is 0 Å². The van der Waals surface area contributed by atoms with Crippen molar-refractivity contribution in [2.45, 2.75) is 22.5 Å². The van der Waals surface area contributed by atoms with Gasteiger partial charge in [0.05, 0.1) is 0 Å². The van der Waals surface area contributed by atoms with E-state index in [1.807, 2.05) is 0 Å². The number of Topliss-reactive ketones (excluding diaryl/α,β-unsaturated/α-hetero) is 2. The number of hydrogen-bond acceptors (Lipinski definition) is 2. The Hall–Kier alpha value is 0.300. The van der Waals surface area contributed by atoms with E-state index in [-0.39, 0.29) is 18.0 Å². The molecule has 56 valence electrons. The van der Waals surface area contributed by atoms with Gasteiger partial charge in [0.2, 0.25) is 0 Å². The van der Waals surface area contributed by atoms with Gasteiger partial charge in [0, 0.05) is 19.3 Å². The second-order valence-corrected chi connectivity index (χ2v) is 6.11. The molecule has 1 saturated carbocycles. The third-order valence-electron chi connectivity index (χ3n) is 1.46. The summed E-state index contributed by atoms with van der Waals surface area (Å²) < 4.78 is -0.755. The molecule has 0 aromatic carbocycles. The van der Waals surface area contributed by atoms with Crippen molar-refractivity contribution in [1.82, 2.24) is 0 Å². The molecule has 0 radical (unpaired) electrons. The van der Waals surface area contributed by atoms with Gasteiger partial charge in [-0.1, -0.05) is 31.9 Å². The van der Waals surface area contributed by atoms with Crippen molar-refractivity contribution in [2.24, 2.45) is 0 Å². The summed E-state index contributed by atoms with van der Waals surface area (Å²) >= 11 is 6.29. The van der Waals surface area contributed by atoms with Gasteiger partial charge >= 0.3 is 0 Å². The van der Waals surface area contributed by atoms with Crippen LogP contribution in [-0.2, 0) is 9.59 Å². The Labute approximate surface area is 75.6 Å². The van der Waals surface area contributed by atoms with Gasteiger partial charge in [-0.3, -0.25) is 9.59 Å². The first-order chi connectivity index (χ1) is 4.52. The first-order valence-electron chi connectivity index (χ1n) is 2.95. The number of halogens is 2. The van der Waals surface area contributed by atoms with Crippen molar-refractivity contribution in [2.75, 3.05) is 0 Å². The minimum Gasteiger partial charge on any atom is -0.300 e. The Morgan fingerprint density at radius 2 is 1.80 bits per heavy atom. The Kier molecular flexibility index (Phi) is 2.30. The molecule has 0 unspecified atom stereocenters. The van der Waals surface area contributed by atoms with Crippen LogP contribution >= 0.6 is 31.9 Å². The summed E-state index contributed by atoms with van der Waals surface area (Å²) in [4.78, 5) is 21.8. The van der Waals surface area contributed by atoms with Crippen LogP contribution in [0.2, 0.25) is 0 Å². The predicted octanol–water partition coefficient (Wildman–Crippen LogP) is 1.79. The average molecular weight is 270 g/mol. The largest absolute Gasteiger partial charge is 0.300 e. The maximum atomic E-state index is 11.0. The van der Waals surface area contributed by atoms with Gasteiger partial charge in [-0.15, -0.1) is 0 Å². The quantitative estimate of drug-likeness (QED) is 0.629. The van der Waals surface area contributed by atoms with Crippen molar-refractivity contribution in [1.29, 1.82) is 0 Å². The molecule has 0 spiro atoms. The number of hydrogen-bond donors (Lipinski definition) is 0. The van der Waals surface area contributed by atoms with Gasteiger partial charge in [-0.25, -0.2) is 0 Å². The smallest absolute Gasteiger partial charge is 0.161 e. The van der Waals surface area contributed by atoms with Gasteiger partial charge in [0.25, 0.3) is 0 Å². The van der Waals surface area contributed by atoms with Gasteiger partial charge < -0.3 is 0 Å². The monoisotopic (exact) mass is 268 g/mol. The van der Waals surface area contributed by atoms with Crippen molar-refractivity contribution in [3.63, 3.8) is 0 Å². The van der Waals surface area contributed by atoms with E-state index in [0.29, 0.717) is 12.8 Å². The number of alkyl halides is 2. The van der Waals surface area contributed by atoms with E-state index in [4.69, 9.17) is 0 Å². The highest BCUT2D eigenvalue weighted by molar-refractivity contribution is 9.26. The van der Waals surface area contributed by atoms with E-state index in [1.54, 1.807) is 0 Å². The van der Waals surface area contributed by atoms with Crippen LogP contribution in [-0.4, -0.2) is 14.8 Å². The molecule has 0 heterocycles. The zero-order valence-electron chi connectivity index (χ0n) is 5.19. The summed E-state index contributed by atoms with van der Waals surface area (Å²) in [6, 6.07) is 0. The minimum atomic E-state index is -0.755. The molecule has 0 saturated heterocycles. The first kappa shape index (κ1) is 8.40. The molecule has 1 aliphatic carbocycles. The van der Waals surface area contributed by atoms with Crippen LogP contribution < -0.4 is 0 Å². The molecule has 0 aromatic heterocycles. The molecular weight excluding hydrogens is 264 g/mol. The highest BCUT2D eigenvalue weighted by Crippen LogP contribution is 2.36. The molecule has 0 aliphatic heterocycles. The Bertz CT molecular complexity index is 186. The average Bonchev–Trinajstić information content (AvgIpc) is 1.78. The third kappa shape index (κ3) is 1.66. The summed E-state index contributed by atoms with van der Waals surface area (Å²) in [5.41, 5.74) is 0. The highest BCUT2D eigenvalue weighted by Gasteiger charge is 2.37. The second-order valence-electron chi connectivity index (χ2n) is 2.34. The Morgan fingerprint density at radius 1 is 1.20 bits per heavy atom. The zero-order chi connectivity index (χ0) is 7.78. The fraction of sp³-hybridized carbons (Fsp3) is 0.667. The third-order valence-corrected chi connectivity index (χ3v) is 2.90. The highest BCUT2D eigenvalue weighted by atomic mass is 79.9. The van der Waals surface area contributed by atoms with Crippen LogP contribution in [0.25, 0.3) is 0 Å². The molecule has 4 heteroatoms. The second kappa shape index (κ2) is 2.74. The van der Waals surface area contributed by atoms with Crippen LogP contribution in [0.5, 0.6) is 0 Å². The summed E-state index contributed by atoms with van der Waals surface area (Å²) in [6.07, 6.45) is 1.03. The predicted molar refractivity (Wildman–Crippen MR) is 44.5 cm³/mol. The van der Waals surface area contributed by atoms with Gasteiger partial charge in [-0.05, 0) is 0 Å². The molecule has 0 N–H and O–H groups in total. The van der Waals surface area contributed by atoms with E-state index in [9.17, 15) is 9.59 Å². The summed E-state index contributed by atoms with van der Waals surface area (Å²) in [7, 11) is 0. The maximum Gasteiger partial charge on any atom is 0.161 e. The minimum absolute atomic E-state index is 0.0621. The molecule has 1 fully saturated rings. The zero-order valence-corrected chi connectivity index (χ0v) is 8.37. The lowest BCUT2D eigenvalue weighted by Crippen LogP contribution is -2.33. The van der Waals surface area contributed by atoms with E-state index < -0.39 is 3.23 Å². The van der Waals surface area contributed by atoms with E-state index in [0.717, 1.165) is 0 Å². The molecule has 0 atom stereocenters. The van der Waals surface area contributed by atoms with E-state index in [2.05, 4.69) is 31.9 Å². The lowest BCUT2D eigenvalue weighted by atomic mass is 9.98. The first-order valence-corrected chi connectivity index (χ1v) is 4.54. The van der Waals surface area contributed by atoms with Crippen LogP contribution in [0.4, 0.5) is 0 Å². The maximum absolute atomic E-state index is 11.0. The molecule has 2 nitrogen and oxygen atoms in total. The molecule has 10 heavy (non-hydrogen) atoms. The van der Waals surface area contributed by atoms with Crippen molar-refractivity contribution in [3.05, 3.63) is 0 Å². The summed E-state index contributed by atoms with van der Waals surface area (Å²) in [5, 5.41) is 0. The molecule has 0 bridgehead atoms. The fourth-order valence-corrected chi connectivity index (χ4v) is 1.89. The van der Waals surface area contributed by atoms with Crippen molar-refractivity contribution in [3.8, 4) is 0 Å². The lowest BCUT2D eigenvalue weighted by Gasteiger charge is -2.22. The van der Waals surface area contributed by atoms with Crippen LogP contribution in [0.1, 0.15) is 19.3 Å².